The number of nitrogens with zero attached hydrogens (tertiary/aromatic N) is 1. The molecule has 0 bridgehead atoms. The summed E-state index contributed by atoms with van der Waals surface area (Å²) < 4.78 is 0. The average Bonchev–Trinajstić information content (AvgIpc) is 3.13. The van der Waals surface area contributed by atoms with E-state index in [0.717, 1.165) is 22.9 Å². The van der Waals surface area contributed by atoms with Crippen LogP contribution in [0.5, 0.6) is 0 Å². The second-order valence-corrected chi connectivity index (χ2v) is 4.85. The van der Waals surface area contributed by atoms with E-state index in [4.69, 9.17) is 0 Å². The third-order valence-electron chi connectivity index (χ3n) is 3.34. The van der Waals surface area contributed by atoms with E-state index < -0.39 is 0 Å². The fraction of sp³-hybridized carbons (Fsp3) is 0.333. The molecule has 1 aliphatic carbocycles. The van der Waals surface area contributed by atoms with Crippen LogP contribution in [-0.4, -0.2) is 10.8 Å². The van der Waals surface area contributed by atoms with Crippen molar-refractivity contribution < 1.29 is 4.79 Å². The highest BCUT2D eigenvalue weighted by Gasteiger charge is 2.24. The highest BCUT2D eigenvalue weighted by atomic mass is 16.1. The predicted molar refractivity (Wildman–Crippen MR) is 67.8 cm³/mol. The molecule has 3 rings (SSSR count). The van der Waals surface area contributed by atoms with Gasteiger partial charge >= 0.3 is 0 Å². The molecular weight excluding hydrogens is 210 g/mol. The lowest BCUT2D eigenvalue weighted by Gasteiger charge is -2.04. The van der Waals surface area contributed by atoms with Crippen LogP contribution in [0.25, 0.3) is 10.9 Å². The first-order valence-electron chi connectivity index (χ1n) is 6.17. The van der Waals surface area contributed by atoms with Crippen LogP contribution in [0.2, 0.25) is 0 Å². The van der Waals surface area contributed by atoms with Gasteiger partial charge in [-0.3, -0.25) is 9.78 Å². The van der Waals surface area contributed by atoms with Crippen LogP contribution >= 0.6 is 0 Å². The number of carbonyl (C=O) groups excluding carboxylic acids is 1. The van der Waals surface area contributed by atoms with Crippen molar-refractivity contribution in [3.05, 3.63) is 42.1 Å². The third-order valence-corrected chi connectivity index (χ3v) is 3.34. The van der Waals surface area contributed by atoms with Crippen molar-refractivity contribution in [2.24, 2.45) is 5.92 Å². The molecule has 1 fully saturated rings. The summed E-state index contributed by atoms with van der Waals surface area (Å²) in [6.07, 6.45) is 5.59. The van der Waals surface area contributed by atoms with Gasteiger partial charge in [0.25, 0.3) is 0 Å². The van der Waals surface area contributed by atoms with Crippen LogP contribution in [0.4, 0.5) is 0 Å². The quantitative estimate of drug-likeness (QED) is 0.800. The van der Waals surface area contributed by atoms with E-state index in [9.17, 15) is 4.79 Å². The van der Waals surface area contributed by atoms with Crippen molar-refractivity contribution in [2.75, 3.05) is 0 Å². The summed E-state index contributed by atoms with van der Waals surface area (Å²) in [7, 11) is 0. The minimum atomic E-state index is 0.365. The Balaban J connectivity index is 1.86. The zero-order valence-corrected chi connectivity index (χ0v) is 9.73. The lowest BCUT2D eigenvalue weighted by molar-refractivity contribution is -0.118. The van der Waals surface area contributed by atoms with Crippen molar-refractivity contribution in [1.29, 1.82) is 0 Å². The molecule has 0 spiro atoms. The fourth-order valence-electron chi connectivity index (χ4n) is 2.24. The summed E-state index contributed by atoms with van der Waals surface area (Å²) in [6, 6.07) is 9.98. The number of hydrogen-bond acceptors (Lipinski definition) is 2. The monoisotopic (exact) mass is 225 g/mol. The molecule has 0 saturated heterocycles. The average molecular weight is 225 g/mol. The maximum Gasteiger partial charge on any atom is 0.137 e. The van der Waals surface area contributed by atoms with Crippen molar-refractivity contribution in [3.63, 3.8) is 0 Å². The van der Waals surface area contributed by atoms with Gasteiger partial charge in [0.1, 0.15) is 5.78 Å². The smallest absolute Gasteiger partial charge is 0.137 e. The molecular formula is C15H15NO. The molecule has 0 unspecified atom stereocenters. The van der Waals surface area contributed by atoms with E-state index in [1.807, 2.05) is 30.3 Å². The summed E-state index contributed by atoms with van der Waals surface area (Å²) in [4.78, 5) is 16.2. The molecule has 17 heavy (non-hydrogen) atoms. The molecule has 1 aromatic carbocycles. The Morgan fingerprint density at radius 3 is 2.88 bits per heavy atom. The molecule has 1 saturated carbocycles. The number of Topliss-reactive ketones (excluding diaryl/α,β-unsaturated/α-hetero) is 1. The van der Waals surface area contributed by atoms with Crippen molar-refractivity contribution >= 4 is 16.7 Å². The Morgan fingerprint density at radius 2 is 2.06 bits per heavy atom. The van der Waals surface area contributed by atoms with Crippen LogP contribution in [0, 0.1) is 5.92 Å². The third kappa shape index (κ3) is 2.36. The van der Waals surface area contributed by atoms with E-state index in [1.165, 1.54) is 12.8 Å². The van der Waals surface area contributed by atoms with Gasteiger partial charge in [-0.15, -0.1) is 0 Å². The Kier molecular flexibility index (Phi) is 2.63. The van der Waals surface area contributed by atoms with E-state index in [2.05, 4.69) is 4.98 Å². The van der Waals surface area contributed by atoms with Crippen molar-refractivity contribution in [3.8, 4) is 0 Å². The number of carbonyl (C=O) groups is 1. The van der Waals surface area contributed by atoms with Crippen molar-refractivity contribution in [1.82, 2.24) is 4.98 Å². The Labute approximate surface area is 101 Å². The van der Waals surface area contributed by atoms with Gasteiger partial charge in [0, 0.05) is 24.4 Å². The number of rotatable bonds is 4. The van der Waals surface area contributed by atoms with E-state index in [-0.39, 0.29) is 0 Å². The molecule has 86 valence electrons. The number of pyridine rings is 1. The fourth-order valence-corrected chi connectivity index (χ4v) is 2.24. The summed E-state index contributed by atoms with van der Waals surface area (Å²) >= 11 is 0. The van der Waals surface area contributed by atoms with Crippen LogP contribution in [0.1, 0.15) is 24.8 Å². The molecule has 1 heterocycles. The SMILES string of the molecule is O=C(Cc1ccnc2ccccc12)CC1CC1. The summed E-state index contributed by atoms with van der Waals surface area (Å²) in [5.74, 6) is 1.04. The normalized spacial score (nSPS) is 15.1. The van der Waals surface area contributed by atoms with Crippen LogP contribution in [-0.2, 0) is 11.2 Å². The molecule has 1 aromatic heterocycles. The summed E-state index contributed by atoms with van der Waals surface area (Å²) in [5.41, 5.74) is 2.09. The zero-order chi connectivity index (χ0) is 11.7. The van der Waals surface area contributed by atoms with Gasteiger partial charge in [0.15, 0.2) is 0 Å². The van der Waals surface area contributed by atoms with E-state index in [0.29, 0.717) is 18.1 Å². The first-order valence-corrected chi connectivity index (χ1v) is 6.17. The van der Waals surface area contributed by atoms with Gasteiger partial charge in [-0.25, -0.2) is 0 Å². The zero-order valence-electron chi connectivity index (χ0n) is 9.73. The second kappa shape index (κ2) is 4.28. The number of para-hydroxylation sites is 1. The number of fused-ring (bicyclic) bond motifs is 1. The molecule has 2 nitrogen and oxygen atoms in total. The molecule has 0 radical (unpaired) electrons. The Bertz CT molecular complexity index is 552. The number of aromatic nitrogens is 1. The molecule has 0 amide bonds. The molecule has 1 aliphatic rings. The van der Waals surface area contributed by atoms with Gasteiger partial charge < -0.3 is 0 Å². The highest BCUT2D eigenvalue weighted by Crippen LogP contribution is 2.33. The maximum atomic E-state index is 11.9. The second-order valence-electron chi connectivity index (χ2n) is 4.85. The van der Waals surface area contributed by atoms with Crippen LogP contribution < -0.4 is 0 Å². The first-order chi connectivity index (χ1) is 8.33. The topological polar surface area (TPSA) is 30.0 Å². The standard InChI is InChI=1S/C15H15NO/c17-13(9-11-5-6-11)10-12-7-8-16-15-4-2-1-3-14(12)15/h1-4,7-8,11H,5-6,9-10H2. The first kappa shape index (κ1) is 10.5. The maximum absolute atomic E-state index is 11.9. The molecule has 0 N–H and O–H groups in total. The van der Waals surface area contributed by atoms with Crippen molar-refractivity contribution in [2.45, 2.75) is 25.7 Å². The molecule has 2 heteroatoms. The lowest BCUT2D eigenvalue weighted by atomic mass is 10.0. The number of hydrogen-bond donors (Lipinski definition) is 0. The lowest BCUT2D eigenvalue weighted by Crippen LogP contribution is -2.04. The van der Waals surface area contributed by atoms with E-state index >= 15 is 0 Å². The van der Waals surface area contributed by atoms with Crippen LogP contribution in [0.15, 0.2) is 36.5 Å². The molecule has 2 aromatic rings. The van der Waals surface area contributed by atoms with Gasteiger partial charge in [-0.05, 0) is 36.5 Å². The van der Waals surface area contributed by atoms with Gasteiger partial charge in [-0.2, -0.15) is 0 Å². The Morgan fingerprint density at radius 1 is 1.24 bits per heavy atom. The van der Waals surface area contributed by atoms with E-state index in [1.54, 1.807) is 6.20 Å². The summed E-state index contributed by atoms with van der Waals surface area (Å²) in [6.45, 7) is 0. The largest absolute Gasteiger partial charge is 0.299 e. The minimum Gasteiger partial charge on any atom is -0.299 e. The minimum absolute atomic E-state index is 0.365. The van der Waals surface area contributed by atoms with Gasteiger partial charge in [-0.1, -0.05) is 18.2 Å². The van der Waals surface area contributed by atoms with Gasteiger partial charge in [0.2, 0.25) is 0 Å². The molecule has 0 aliphatic heterocycles. The number of ketones is 1. The number of benzene rings is 1. The molecule has 0 atom stereocenters. The predicted octanol–water partition coefficient (Wildman–Crippen LogP) is 3.15. The van der Waals surface area contributed by atoms with Crippen LogP contribution in [0.3, 0.4) is 0 Å². The highest BCUT2D eigenvalue weighted by molar-refractivity contribution is 5.89. The van der Waals surface area contributed by atoms with Gasteiger partial charge in [0.05, 0.1) is 5.52 Å². The summed E-state index contributed by atoms with van der Waals surface area (Å²) in [5, 5.41) is 1.11. The Hall–Kier alpha value is -1.70.